The molecule has 0 spiro atoms. The molecule has 0 bridgehead atoms. The Morgan fingerprint density at radius 3 is 2.62 bits per heavy atom. The topological polar surface area (TPSA) is 43.4 Å². The maximum Gasteiger partial charge on any atom is 0.353 e. The lowest BCUT2D eigenvalue weighted by molar-refractivity contribution is 0.0738. The predicted molar refractivity (Wildman–Crippen MR) is 100 cm³/mol. The van der Waals surface area contributed by atoms with Crippen molar-refractivity contribution in [1.29, 1.82) is 0 Å². The normalized spacial score (nSPS) is 10.8. The summed E-state index contributed by atoms with van der Waals surface area (Å²) in [6.45, 7) is 0. The monoisotopic (exact) mass is 386 g/mol. The van der Waals surface area contributed by atoms with E-state index in [0.29, 0.717) is 9.90 Å². The number of rotatable bonds is 5. The minimum Gasteiger partial charge on any atom is -0.422 e. The highest BCUT2D eigenvalue weighted by atomic mass is 35.5. The van der Waals surface area contributed by atoms with Gasteiger partial charge in [0, 0.05) is 10.6 Å². The lowest BCUT2D eigenvalue weighted by Crippen LogP contribution is -2.09. The van der Waals surface area contributed by atoms with E-state index < -0.39 is 17.6 Å². The van der Waals surface area contributed by atoms with Gasteiger partial charge in [-0.05, 0) is 47.9 Å². The Labute approximate surface area is 158 Å². The molecule has 0 radical (unpaired) electrons. The number of hydrogen-bond donors (Lipinski definition) is 0. The largest absolute Gasteiger partial charge is 0.422 e. The molecule has 0 saturated carbocycles. The molecule has 26 heavy (non-hydrogen) atoms. The second kappa shape index (κ2) is 8.08. The molecule has 0 N–H and O–H groups in total. The van der Waals surface area contributed by atoms with Gasteiger partial charge in [-0.2, -0.15) is 0 Å². The number of allylic oxidation sites excluding steroid dienone is 1. The van der Waals surface area contributed by atoms with Gasteiger partial charge in [0.15, 0.2) is 5.78 Å². The molecule has 1 aromatic heterocycles. The first-order valence-corrected chi connectivity index (χ1v) is 8.82. The third kappa shape index (κ3) is 4.25. The summed E-state index contributed by atoms with van der Waals surface area (Å²) >= 11 is 7.20. The van der Waals surface area contributed by atoms with E-state index in [9.17, 15) is 14.0 Å². The van der Waals surface area contributed by atoms with Crippen LogP contribution in [0.15, 0.2) is 66.1 Å². The summed E-state index contributed by atoms with van der Waals surface area (Å²) < 4.78 is 19.0. The summed E-state index contributed by atoms with van der Waals surface area (Å²) in [6.07, 6.45) is 2.58. The van der Waals surface area contributed by atoms with Crippen LogP contribution in [0.3, 0.4) is 0 Å². The second-order valence-corrected chi connectivity index (χ2v) is 6.61. The maximum atomic E-state index is 13.7. The van der Waals surface area contributed by atoms with Gasteiger partial charge in [-0.1, -0.05) is 35.9 Å². The lowest BCUT2D eigenvalue weighted by Gasteiger charge is -2.08. The smallest absolute Gasteiger partial charge is 0.353 e. The molecule has 0 aliphatic carbocycles. The average Bonchev–Trinajstić information content (AvgIpc) is 3.17. The Bertz CT molecular complexity index is 980. The van der Waals surface area contributed by atoms with Crippen molar-refractivity contribution in [2.75, 3.05) is 0 Å². The summed E-state index contributed by atoms with van der Waals surface area (Å²) in [4.78, 5) is 25.1. The van der Waals surface area contributed by atoms with Crippen molar-refractivity contribution < 1.29 is 18.7 Å². The fourth-order valence-corrected chi connectivity index (χ4v) is 2.97. The lowest BCUT2D eigenvalue weighted by atomic mass is 10.1. The number of hydrogen-bond acceptors (Lipinski definition) is 4. The molecular formula is C20H12ClFO3S. The van der Waals surface area contributed by atoms with Crippen molar-refractivity contribution in [3.8, 4) is 5.75 Å². The molecule has 0 atom stereocenters. The van der Waals surface area contributed by atoms with Crippen molar-refractivity contribution in [2.45, 2.75) is 0 Å². The van der Waals surface area contributed by atoms with Crippen molar-refractivity contribution in [2.24, 2.45) is 0 Å². The van der Waals surface area contributed by atoms with Crippen LogP contribution in [0.1, 0.15) is 25.6 Å². The van der Waals surface area contributed by atoms with Gasteiger partial charge in [0.25, 0.3) is 0 Å². The van der Waals surface area contributed by atoms with Crippen LogP contribution in [0.4, 0.5) is 4.39 Å². The number of thiophene rings is 1. The number of carbonyl (C=O) groups excluding carboxylic acids is 2. The van der Waals surface area contributed by atoms with Gasteiger partial charge in [-0.3, -0.25) is 4.79 Å². The van der Waals surface area contributed by atoms with Gasteiger partial charge in [0.2, 0.25) is 0 Å². The summed E-state index contributed by atoms with van der Waals surface area (Å²) in [5, 5.41) is 2.07. The van der Waals surface area contributed by atoms with E-state index in [-0.39, 0.29) is 16.9 Å². The van der Waals surface area contributed by atoms with Crippen LogP contribution in [0.5, 0.6) is 5.75 Å². The number of ether oxygens (including phenoxy) is 1. The van der Waals surface area contributed by atoms with Gasteiger partial charge in [0.1, 0.15) is 16.4 Å². The third-order valence-corrected chi connectivity index (χ3v) is 4.54. The molecule has 0 unspecified atom stereocenters. The standard InChI is InChI=1S/C20H12ClFO3S/c21-14-8-10-18(25-20(24)19-6-3-11-26-19)15(12-14)17(23)9-7-13-4-1-2-5-16(13)22/h1-12H. The van der Waals surface area contributed by atoms with Crippen LogP contribution >= 0.6 is 22.9 Å². The van der Waals surface area contributed by atoms with E-state index in [4.69, 9.17) is 16.3 Å². The molecule has 2 aromatic carbocycles. The van der Waals surface area contributed by atoms with E-state index in [0.717, 1.165) is 0 Å². The summed E-state index contributed by atoms with van der Waals surface area (Å²) in [7, 11) is 0. The molecule has 0 saturated heterocycles. The number of benzene rings is 2. The molecule has 0 fully saturated rings. The molecule has 0 aliphatic heterocycles. The van der Waals surface area contributed by atoms with Crippen LogP contribution in [0.25, 0.3) is 6.08 Å². The molecule has 6 heteroatoms. The maximum absolute atomic E-state index is 13.7. The van der Waals surface area contributed by atoms with Gasteiger partial charge >= 0.3 is 5.97 Å². The minimum absolute atomic E-state index is 0.0935. The van der Waals surface area contributed by atoms with Gasteiger partial charge in [-0.25, -0.2) is 9.18 Å². The van der Waals surface area contributed by atoms with E-state index in [1.54, 1.807) is 35.7 Å². The first-order chi connectivity index (χ1) is 12.5. The fraction of sp³-hybridized carbons (Fsp3) is 0. The number of ketones is 1. The van der Waals surface area contributed by atoms with Crippen molar-refractivity contribution in [3.05, 3.63) is 92.9 Å². The van der Waals surface area contributed by atoms with Gasteiger partial charge in [0.05, 0.1) is 5.56 Å². The molecule has 3 nitrogen and oxygen atoms in total. The molecule has 3 aromatic rings. The molecule has 0 amide bonds. The summed E-state index contributed by atoms with van der Waals surface area (Å²) in [5.41, 5.74) is 0.398. The average molecular weight is 387 g/mol. The highest BCUT2D eigenvalue weighted by Crippen LogP contribution is 2.26. The van der Waals surface area contributed by atoms with Gasteiger partial charge < -0.3 is 4.74 Å². The first kappa shape index (κ1) is 18.0. The van der Waals surface area contributed by atoms with E-state index >= 15 is 0 Å². The van der Waals surface area contributed by atoms with Crippen LogP contribution in [0, 0.1) is 5.82 Å². The van der Waals surface area contributed by atoms with Crippen molar-refractivity contribution in [1.82, 2.24) is 0 Å². The summed E-state index contributed by atoms with van der Waals surface area (Å²) in [6, 6.07) is 13.8. The van der Waals surface area contributed by atoms with Crippen LogP contribution in [-0.2, 0) is 0 Å². The number of esters is 1. The minimum atomic E-state index is -0.561. The third-order valence-electron chi connectivity index (χ3n) is 3.45. The van der Waals surface area contributed by atoms with E-state index in [1.165, 1.54) is 47.8 Å². The second-order valence-electron chi connectivity index (χ2n) is 5.23. The highest BCUT2D eigenvalue weighted by Gasteiger charge is 2.16. The summed E-state index contributed by atoms with van der Waals surface area (Å²) in [5.74, 6) is -1.36. The molecule has 1 heterocycles. The van der Waals surface area contributed by atoms with E-state index in [2.05, 4.69) is 0 Å². The van der Waals surface area contributed by atoms with Crippen molar-refractivity contribution >= 4 is 40.8 Å². The zero-order chi connectivity index (χ0) is 18.5. The first-order valence-electron chi connectivity index (χ1n) is 7.57. The van der Waals surface area contributed by atoms with Crippen molar-refractivity contribution in [3.63, 3.8) is 0 Å². The quantitative estimate of drug-likeness (QED) is 0.246. The van der Waals surface area contributed by atoms with E-state index in [1.807, 2.05) is 0 Å². The van der Waals surface area contributed by atoms with Crippen LogP contribution < -0.4 is 4.74 Å². The number of carbonyl (C=O) groups is 2. The Kier molecular flexibility index (Phi) is 5.61. The molecule has 0 aliphatic rings. The molecular weight excluding hydrogens is 375 g/mol. The highest BCUT2D eigenvalue weighted by molar-refractivity contribution is 7.12. The Morgan fingerprint density at radius 1 is 1.08 bits per heavy atom. The molecule has 130 valence electrons. The SMILES string of the molecule is O=C(Oc1ccc(Cl)cc1C(=O)C=Cc1ccccc1F)c1cccs1. The van der Waals surface area contributed by atoms with Crippen LogP contribution in [-0.4, -0.2) is 11.8 Å². The Hall–Kier alpha value is -2.76. The van der Waals surface area contributed by atoms with Gasteiger partial charge in [-0.15, -0.1) is 11.3 Å². The Morgan fingerprint density at radius 2 is 1.88 bits per heavy atom. The number of halogens is 2. The molecule has 3 rings (SSSR count). The predicted octanol–water partition coefficient (Wildman–Crippen LogP) is 5.66. The van der Waals surface area contributed by atoms with Crippen LogP contribution in [0.2, 0.25) is 5.02 Å². The zero-order valence-corrected chi connectivity index (χ0v) is 14.9. The Balaban J connectivity index is 1.86. The fourth-order valence-electron chi connectivity index (χ4n) is 2.19. The zero-order valence-electron chi connectivity index (χ0n) is 13.3.